The van der Waals surface area contributed by atoms with Crippen molar-refractivity contribution in [1.82, 2.24) is 24.5 Å². The average molecular weight is 816 g/mol. The van der Waals surface area contributed by atoms with E-state index in [0.29, 0.717) is 11.6 Å². The van der Waals surface area contributed by atoms with Crippen LogP contribution in [0.5, 0.6) is 0 Å². The Morgan fingerprint density at radius 1 is 0.365 bits per heavy atom. The van der Waals surface area contributed by atoms with Crippen molar-refractivity contribution >= 4 is 21.8 Å². The van der Waals surface area contributed by atoms with Crippen LogP contribution in [-0.4, -0.2) is 24.5 Å². The molecule has 0 bridgehead atoms. The molecule has 0 unspecified atom stereocenters. The molecule has 5 nitrogen and oxygen atoms in total. The van der Waals surface area contributed by atoms with Crippen LogP contribution in [0.2, 0.25) is 0 Å². The van der Waals surface area contributed by atoms with Gasteiger partial charge >= 0.3 is 0 Å². The molecular formula is C58H49N5. The van der Waals surface area contributed by atoms with Gasteiger partial charge in [0.1, 0.15) is 0 Å². The van der Waals surface area contributed by atoms with Crippen LogP contribution in [-0.2, 0) is 12.8 Å². The highest BCUT2D eigenvalue weighted by Crippen LogP contribution is 2.40. The van der Waals surface area contributed by atoms with E-state index in [-0.39, 0.29) is 0 Å². The third kappa shape index (κ3) is 8.18. The molecule has 10 rings (SSSR count). The van der Waals surface area contributed by atoms with E-state index in [1.54, 1.807) is 0 Å². The Bertz CT molecular complexity index is 2990. The van der Waals surface area contributed by atoms with Crippen LogP contribution >= 0.6 is 0 Å². The molecule has 0 amide bonds. The van der Waals surface area contributed by atoms with Crippen LogP contribution in [0.15, 0.2) is 188 Å². The highest BCUT2D eigenvalue weighted by Gasteiger charge is 2.21. The molecule has 0 atom stereocenters. The van der Waals surface area contributed by atoms with E-state index >= 15 is 0 Å². The summed E-state index contributed by atoms with van der Waals surface area (Å²) in [4.78, 5) is 21.0. The minimum absolute atomic E-state index is 0.673. The SMILES string of the molecule is CCCCc1ccc2c(c1)c1cc(CCCC)ccc1n2-c1ccc(-c2cc(-c3ccccc3)nc(-c3ccccc3)n2)cc1-c1cc(-c2ccccc2)nc(-c2ccccc2)n1. The monoisotopic (exact) mass is 815 g/mol. The lowest BCUT2D eigenvalue weighted by Crippen LogP contribution is -2.02. The first-order chi connectivity index (χ1) is 31.1. The first-order valence-corrected chi connectivity index (χ1v) is 22.3. The van der Waals surface area contributed by atoms with Gasteiger partial charge in [-0.15, -0.1) is 0 Å². The van der Waals surface area contributed by atoms with Gasteiger partial charge in [-0.25, -0.2) is 19.9 Å². The van der Waals surface area contributed by atoms with Crippen molar-refractivity contribution < 1.29 is 0 Å². The first kappa shape index (κ1) is 39.6. The van der Waals surface area contributed by atoms with Gasteiger partial charge in [0, 0.05) is 44.2 Å². The Balaban J connectivity index is 1.26. The number of hydrogen-bond acceptors (Lipinski definition) is 4. The lowest BCUT2D eigenvalue weighted by molar-refractivity contribution is 0.795. The Morgan fingerprint density at radius 3 is 1.24 bits per heavy atom. The van der Waals surface area contributed by atoms with Crippen molar-refractivity contribution in [3.05, 3.63) is 199 Å². The number of hydrogen-bond donors (Lipinski definition) is 0. The minimum Gasteiger partial charge on any atom is -0.309 e. The number of benzene rings is 7. The Morgan fingerprint density at radius 2 is 0.778 bits per heavy atom. The molecule has 0 aliphatic rings. The maximum Gasteiger partial charge on any atom is 0.160 e. The van der Waals surface area contributed by atoms with Crippen molar-refractivity contribution in [3.63, 3.8) is 0 Å². The lowest BCUT2D eigenvalue weighted by Gasteiger charge is -2.17. The number of nitrogens with zero attached hydrogens (tertiary/aromatic N) is 5. The fraction of sp³-hybridized carbons (Fsp3) is 0.138. The molecule has 0 saturated heterocycles. The van der Waals surface area contributed by atoms with Gasteiger partial charge in [-0.05, 0) is 85.3 Å². The summed E-state index contributed by atoms with van der Waals surface area (Å²) in [6.45, 7) is 4.53. The maximum absolute atomic E-state index is 5.43. The van der Waals surface area contributed by atoms with E-state index in [2.05, 4.69) is 158 Å². The van der Waals surface area contributed by atoms with Crippen LogP contribution in [0.25, 0.3) is 95.3 Å². The molecular weight excluding hydrogens is 767 g/mol. The summed E-state index contributed by atoms with van der Waals surface area (Å²) in [6, 6.07) is 66.5. The summed E-state index contributed by atoms with van der Waals surface area (Å²) in [5.74, 6) is 1.35. The van der Waals surface area contributed by atoms with E-state index < -0.39 is 0 Å². The Hall–Kier alpha value is -7.50. The van der Waals surface area contributed by atoms with Crippen LogP contribution in [0.3, 0.4) is 0 Å². The summed E-state index contributed by atoms with van der Waals surface area (Å²) in [7, 11) is 0. The molecule has 3 heterocycles. The molecule has 306 valence electrons. The van der Waals surface area contributed by atoms with Crippen molar-refractivity contribution in [2.45, 2.75) is 52.4 Å². The van der Waals surface area contributed by atoms with Gasteiger partial charge in [0.15, 0.2) is 11.6 Å². The summed E-state index contributed by atoms with van der Waals surface area (Å²) in [6.07, 6.45) is 6.79. The zero-order valence-corrected chi connectivity index (χ0v) is 35.9. The number of rotatable bonds is 13. The highest BCUT2D eigenvalue weighted by molar-refractivity contribution is 6.10. The standard InChI is InChI=1S/C58H49N5/c1-3-5-19-40-29-32-54-47(35-40)48-36-41(20-6-4-2)30-33-55(48)63(54)56-34-31-46(52-38-50(42-21-11-7-12-22-42)59-57(61-52)44-25-15-9-16-26-44)37-49(56)53-39-51(43-23-13-8-14-24-43)60-58(62-53)45-27-17-10-18-28-45/h7-18,21-39H,3-6,19-20H2,1-2H3. The fourth-order valence-corrected chi connectivity index (χ4v) is 8.67. The van der Waals surface area contributed by atoms with Crippen molar-refractivity contribution in [2.24, 2.45) is 0 Å². The van der Waals surface area contributed by atoms with E-state index in [9.17, 15) is 0 Å². The first-order valence-electron chi connectivity index (χ1n) is 22.3. The Labute approximate surface area is 369 Å². The zero-order valence-electron chi connectivity index (χ0n) is 35.9. The Kier molecular flexibility index (Phi) is 11.2. The normalized spacial score (nSPS) is 11.4. The zero-order chi connectivity index (χ0) is 42.5. The van der Waals surface area contributed by atoms with Crippen LogP contribution in [0, 0.1) is 0 Å². The summed E-state index contributed by atoms with van der Waals surface area (Å²) >= 11 is 0. The summed E-state index contributed by atoms with van der Waals surface area (Å²) < 4.78 is 2.45. The quantitative estimate of drug-likeness (QED) is 0.116. The predicted molar refractivity (Wildman–Crippen MR) is 262 cm³/mol. The van der Waals surface area contributed by atoms with E-state index in [1.807, 2.05) is 48.5 Å². The van der Waals surface area contributed by atoms with Crippen LogP contribution in [0.4, 0.5) is 0 Å². The molecule has 0 radical (unpaired) electrons. The second-order valence-electron chi connectivity index (χ2n) is 16.4. The molecule has 0 aliphatic carbocycles. The number of aryl methyl sites for hydroxylation is 2. The van der Waals surface area contributed by atoms with Gasteiger partial charge in [0.25, 0.3) is 0 Å². The van der Waals surface area contributed by atoms with Crippen molar-refractivity contribution in [1.29, 1.82) is 0 Å². The molecule has 0 fully saturated rings. The van der Waals surface area contributed by atoms with Gasteiger partial charge in [-0.2, -0.15) is 0 Å². The van der Waals surface area contributed by atoms with Crippen LogP contribution < -0.4 is 0 Å². The number of unbranched alkanes of at least 4 members (excludes halogenated alkanes) is 2. The van der Waals surface area contributed by atoms with Gasteiger partial charge in [0.2, 0.25) is 0 Å². The van der Waals surface area contributed by atoms with Gasteiger partial charge in [-0.1, -0.05) is 166 Å². The fourth-order valence-electron chi connectivity index (χ4n) is 8.67. The lowest BCUT2D eigenvalue weighted by atomic mass is 9.99. The van der Waals surface area contributed by atoms with E-state index in [1.165, 1.54) is 45.8 Å². The second kappa shape index (κ2) is 17.8. The molecule has 7 aromatic carbocycles. The van der Waals surface area contributed by atoms with E-state index in [0.717, 1.165) is 87.5 Å². The minimum atomic E-state index is 0.673. The molecule has 5 heteroatoms. The number of fused-ring (bicyclic) bond motifs is 3. The number of aromatic nitrogens is 5. The molecule has 0 aliphatic heterocycles. The highest BCUT2D eigenvalue weighted by atomic mass is 15.0. The van der Waals surface area contributed by atoms with Gasteiger partial charge < -0.3 is 4.57 Å². The third-order valence-electron chi connectivity index (χ3n) is 12.0. The summed E-state index contributed by atoms with van der Waals surface area (Å²) in [5.41, 5.74) is 15.5. The molecule has 0 saturated carbocycles. The van der Waals surface area contributed by atoms with Gasteiger partial charge in [-0.3, -0.25) is 0 Å². The average Bonchev–Trinajstić information content (AvgIpc) is 3.68. The van der Waals surface area contributed by atoms with Crippen molar-refractivity contribution in [2.75, 3.05) is 0 Å². The smallest absolute Gasteiger partial charge is 0.160 e. The van der Waals surface area contributed by atoms with E-state index in [4.69, 9.17) is 19.9 Å². The predicted octanol–water partition coefficient (Wildman–Crippen LogP) is 15.1. The second-order valence-corrected chi connectivity index (χ2v) is 16.4. The molecule has 0 N–H and O–H groups in total. The van der Waals surface area contributed by atoms with Gasteiger partial charge in [0.05, 0.1) is 39.5 Å². The largest absolute Gasteiger partial charge is 0.309 e. The van der Waals surface area contributed by atoms with Crippen LogP contribution in [0.1, 0.15) is 50.7 Å². The molecule has 0 spiro atoms. The molecule has 3 aromatic heterocycles. The third-order valence-corrected chi connectivity index (χ3v) is 12.0. The molecule has 10 aromatic rings. The maximum atomic E-state index is 5.43. The van der Waals surface area contributed by atoms with Crippen molar-refractivity contribution in [3.8, 4) is 73.5 Å². The topological polar surface area (TPSA) is 56.5 Å². The molecule has 63 heavy (non-hydrogen) atoms. The summed E-state index contributed by atoms with van der Waals surface area (Å²) in [5, 5.41) is 2.56.